The van der Waals surface area contributed by atoms with Crippen molar-refractivity contribution in [1.82, 2.24) is 9.97 Å². The van der Waals surface area contributed by atoms with Crippen LogP contribution in [0.5, 0.6) is 5.75 Å². The molecule has 0 spiro atoms. The van der Waals surface area contributed by atoms with Gasteiger partial charge in [0.1, 0.15) is 22.7 Å². The number of aromatic amines is 1. The van der Waals surface area contributed by atoms with Crippen LogP contribution in [0.15, 0.2) is 45.6 Å². The number of benzene rings is 2. The molecule has 0 aliphatic rings. The summed E-state index contributed by atoms with van der Waals surface area (Å²) in [6.45, 7) is 4.09. The normalized spacial score (nSPS) is 11.3. The summed E-state index contributed by atoms with van der Waals surface area (Å²) < 4.78 is 10.6. The predicted octanol–water partition coefficient (Wildman–Crippen LogP) is 3.96. The fourth-order valence-electron chi connectivity index (χ4n) is 2.79. The Hall–Kier alpha value is -3.08. The van der Waals surface area contributed by atoms with Gasteiger partial charge in [-0.25, -0.2) is 9.78 Å². The van der Waals surface area contributed by atoms with Crippen molar-refractivity contribution in [3.05, 3.63) is 57.9 Å². The van der Waals surface area contributed by atoms with Crippen LogP contribution in [0.1, 0.15) is 11.1 Å². The van der Waals surface area contributed by atoms with E-state index in [1.54, 1.807) is 25.3 Å². The molecule has 0 amide bonds. The molecule has 0 bridgehead atoms. The van der Waals surface area contributed by atoms with E-state index in [0.717, 1.165) is 22.0 Å². The Kier molecular flexibility index (Phi) is 3.16. The van der Waals surface area contributed by atoms with Gasteiger partial charge in [-0.2, -0.15) is 0 Å². The van der Waals surface area contributed by atoms with Gasteiger partial charge in [0, 0.05) is 5.39 Å². The summed E-state index contributed by atoms with van der Waals surface area (Å²) in [6, 6.07) is 11.1. The van der Waals surface area contributed by atoms with Crippen molar-refractivity contribution in [2.75, 3.05) is 7.11 Å². The van der Waals surface area contributed by atoms with Crippen molar-refractivity contribution in [2.45, 2.75) is 13.8 Å². The van der Waals surface area contributed by atoms with Crippen LogP contribution in [-0.2, 0) is 0 Å². The highest BCUT2D eigenvalue weighted by Crippen LogP contribution is 2.25. The van der Waals surface area contributed by atoms with Crippen LogP contribution in [0.4, 0.5) is 0 Å². The van der Waals surface area contributed by atoms with E-state index >= 15 is 0 Å². The highest BCUT2D eigenvalue weighted by Gasteiger charge is 2.13. The Labute approximate surface area is 137 Å². The van der Waals surface area contributed by atoms with Gasteiger partial charge >= 0.3 is 5.63 Å². The molecular formula is C19H16N2O3. The molecule has 5 nitrogen and oxygen atoms in total. The molecule has 0 atom stereocenters. The molecule has 4 rings (SSSR count). The molecule has 0 fully saturated rings. The number of fused-ring (bicyclic) bond motifs is 2. The number of aryl methyl sites for hydroxylation is 2. The van der Waals surface area contributed by atoms with E-state index in [2.05, 4.69) is 9.97 Å². The largest absolute Gasteiger partial charge is 0.497 e. The summed E-state index contributed by atoms with van der Waals surface area (Å²) in [7, 11) is 1.60. The summed E-state index contributed by atoms with van der Waals surface area (Å²) >= 11 is 0. The first-order valence-corrected chi connectivity index (χ1v) is 7.64. The van der Waals surface area contributed by atoms with Crippen molar-refractivity contribution in [1.29, 1.82) is 0 Å². The molecule has 0 saturated carbocycles. The minimum Gasteiger partial charge on any atom is -0.497 e. The zero-order valence-electron chi connectivity index (χ0n) is 13.6. The molecule has 0 aliphatic carbocycles. The van der Waals surface area contributed by atoms with E-state index in [0.29, 0.717) is 22.7 Å². The van der Waals surface area contributed by atoms with E-state index in [4.69, 9.17) is 9.15 Å². The minimum absolute atomic E-state index is 0.405. The minimum atomic E-state index is -0.417. The van der Waals surface area contributed by atoms with Gasteiger partial charge in [-0.05, 0) is 61.4 Å². The number of nitrogens with one attached hydrogen (secondary N) is 1. The molecule has 4 aromatic rings. The van der Waals surface area contributed by atoms with Gasteiger partial charge in [-0.1, -0.05) is 0 Å². The molecular weight excluding hydrogens is 304 g/mol. The average Bonchev–Trinajstić information content (AvgIpc) is 2.96. The maximum atomic E-state index is 12.3. The Morgan fingerprint density at radius 1 is 1.08 bits per heavy atom. The third-order valence-electron chi connectivity index (χ3n) is 4.29. The second kappa shape index (κ2) is 5.23. The number of hydrogen-bond donors (Lipinski definition) is 1. The van der Waals surface area contributed by atoms with Crippen molar-refractivity contribution >= 4 is 22.0 Å². The van der Waals surface area contributed by atoms with Crippen molar-refractivity contribution < 1.29 is 9.15 Å². The number of methoxy groups -OCH3 is 1. The number of nitrogens with zero attached hydrogens (tertiary/aromatic N) is 1. The number of rotatable bonds is 2. The van der Waals surface area contributed by atoms with E-state index in [-0.39, 0.29) is 0 Å². The lowest BCUT2D eigenvalue weighted by atomic mass is 10.1. The molecule has 0 unspecified atom stereocenters. The second-order valence-electron chi connectivity index (χ2n) is 5.89. The van der Waals surface area contributed by atoms with Crippen molar-refractivity contribution in [3.8, 4) is 17.1 Å². The zero-order valence-corrected chi connectivity index (χ0v) is 13.6. The topological polar surface area (TPSA) is 68.1 Å². The summed E-state index contributed by atoms with van der Waals surface area (Å²) in [5.41, 5.74) is 4.58. The Morgan fingerprint density at radius 3 is 2.67 bits per heavy atom. The maximum absolute atomic E-state index is 12.3. The van der Waals surface area contributed by atoms with E-state index in [1.165, 1.54) is 5.56 Å². The lowest BCUT2D eigenvalue weighted by Gasteiger charge is -2.02. The zero-order chi connectivity index (χ0) is 16.8. The van der Waals surface area contributed by atoms with Crippen LogP contribution >= 0.6 is 0 Å². The molecule has 0 radical (unpaired) electrons. The third-order valence-corrected chi connectivity index (χ3v) is 4.29. The monoisotopic (exact) mass is 320 g/mol. The maximum Gasteiger partial charge on any atom is 0.347 e. The lowest BCUT2D eigenvalue weighted by molar-refractivity contribution is 0.415. The smallest absolute Gasteiger partial charge is 0.347 e. The Morgan fingerprint density at radius 2 is 1.88 bits per heavy atom. The number of imidazole rings is 1. The highest BCUT2D eigenvalue weighted by molar-refractivity contribution is 5.85. The van der Waals surface area contributed by atoms with Crippen LogP contribution in [0.2, 0.25) is 0 Å². The summed E-state index contributed by atoms with van der Waals surface area (Å²) in [5.74, 6) is 1.21. The molecule has 1 N–H and O–H groups in total. The number of ether oxygens (including phenoxy) is 1. The highest BCUT2D eigenvalue weighted by atomic mass is 16.5. The van der Waals surface area contributed by atoms with E-state index in [1.807, 2.05) is 32.0 Å². The fourth-order valence-corrected chi connectivity index (χ4v) is 2.79. The van der Waals surface area contributed by atoms with E-state index in [9.17, 15) is 4.79 Å². The summed E-state index contributed by atoms with van der Waals surface area (Å²) in [5, 5.41) is 0.789. The van der Waals surface area contributed by atoms with Crippen LogP contribution in [-0.4, -0.2) is 17.1 Å². The molecule has 0 aliphatic heterocycles. The first kappa shape index (κ1) is 14.5. The van der Waals surface area contributed by atoms with Crippen LogP contribution in [0, 0.1) is 13.8 Å². The van der Waals surface area contributed by atoms with Gasteiger partial charge in [0.05, 0.1) is 18.1 Å². The van der Waals surface area contributed by atoms with Crippen molar-refractivity contribution in [3.63, 3.8) is 0 Å². The van der Waals surface area contributed by atoms with Gasteiger partial charge in [-0.3, -0.25) is 0 Å². The number of aromatic nitrogens is 2. The number of hydrogen-bond acceptors (Lipinski definition) is 4. The summed E-state index contributed by atoms with van der Waals surface area (Å²) in [4.78, 5) is 20.1. The Balaban J connectivity index is 1.94. The molecule has 24 heavy (non-hydrogen) atoms. The second-order valence-corrected chi connectivity index (χ2v) is 5.89. The van der Waals surface area contributed by atoms with Crippen LogP contribution in [0.25, 0.3) is 33.4 Å². The standard InChI is InChI=1S/C19H16N2O3/c1-10-6-15-16(7-11(10)2)21-18(20-15)14-9-12-8-13(23-3)4-5-17(12)24-19(14)22/h4-9H,1-3H3,(H,20,21). The number of H-pyrrole nitrogens is 1. The van der Waals surface area contributed by atoms with Crippen LogP contribution < -0.4 is 10.4 Å². The first-order chi connectivity index (χ1) is 11.5. The van der Waals surface area contributed by atoms with Gasteiger partial charge in [-0.15, -0.1) is 0 Å². The first-order valence-electron chi connectivity index (χ1n) is 7.64. The fraction of sp³-hybridized carbons (Fsp3) is 0.158. The van der Waals surface area contributed by atoms with Gasteiger partial charge < -0.3 is 14.1 Å². The molecule has 120 valence electrons. The van der Waals surface area contributed by atoms with Gasteiger partial charge in [0.2, 0.25) is 0 Å². The van der Waals surface area contributed by atoms with Gasteiger partial charge in [0.25, 0.3) is 0 Å². The SMILES string of the molecule is COc1ccc2oc(=O)c(-c3nc4cc(C)c(C)cc4[nH]3)cc2c1. The molecule has 2 heterocycles. The predicted molar refractivity (Wildman–Crippen MR) is 93.6 cm³/mol. The molecule has 5 heteroatoms. The molecule has 2 aromatic heterocycles. The lowest BCUT2D eigenvalue weighted by Crippen LogP contribution is -2.03. The van der Waals surface area contributed by atoms with Crippen LogP contribution in [0.3, 0.4) is 0 Å². The van der Waals surface area contributed by atoms with Gasteiger partial charge in [0.15, 0.2) is 0 Å². The van der Waals surface area contributed by atoms with Crippen molar-refractivity contribution in [2.24, 2.45) is 0 Å². The summed E-state index contributed by atoms with van der Waals surface area (Å²) in [6.07, 6.45) is 0. The Bertz CT molecular complexity index is 1100. The molecule has 0 saturated heterocycles. The average molecular weight is 320 g/mol. The molecule has 2 aromatic carbocycles. The quantitative estimate of drug-likeness (QED) is 0.568. The van der Waals surface area contributed by atoms with E-state index < -0.39 is 5.63 Å². The third kappa shape index (κ3) is 2.25.